The topological polar surface area (TPSA) is 73.8 Å². The summed E-state index contributed by atoms with van der Waals surface area (Å²) >= 11 is 8.94. The third-order valence-electron chi connectivity index (χ3n) is 6.02. The van der Waals surface area contributed by atoms with E-state index in [0.717, 1.165) is 28.7 Å². The van der Waals surface area contributed by atoms with Gasteiger partial charge >= 0.3 is 0 Å². The Morgan fingerprint density at radius 1 is 1.23 bits per heavy atom. The molecule has 1 saturated heterocycles. The molecule has 1 fully saturated rings. The van der Waals surface area contributed by atoms with E-state index >= 15 is 0 Å². The van der Waals surface area contributed by atoms with E-state index in [0.29, 0.717) is 46.8 Å². The van der Waals surface area contributed by atoms with Crippen LogP contribution in [-0.2, 0) is 14.8 Å². The van der Waals surface area contributed by atoms with Crippen molar-refractivity contribution in [3.05, 3.63) is 40.2 Å². The fraction of sp³-hybridized carbons (Fsp3) is 0.478. The number of hydrogen-bond donors (Lipinski definition) is 0. The van der Waals surface area contributed by atoms with E-state index < -0.39 is 10.0 Å². The molecule has 0 aliphatic carbocycles. The number of hydrogen-bond acceptors (Lipinski definition) is 7. The molecule has 0 N–H and O–H groups in total. The lowest BCUT2D eigenvalue weighted by molar-refractivity contribution is -0.123. The summed E-state index contributed by atoms with van der Waals surface area (Å²) in [5, 5.41) is 3.10. The highest BCUT2D eigenvalue weighted by Gasteiger charge is 2.35. The SMILES string of the molecule is Cc1cc(Cl)cc2sc(N(CCCN(C)C)C(=O)C3CCN(S(=O)(=O)c4cccs4)CC3)nc12.Cl. The van der Waals surface area contributed by atoms with Crippen molar-refractivity contribution < 1.29 is 13.2 Å². The molecule has 0 spiro atoms. The highest BCUT2D eigenvalue weighted by molar-refractivity contribution is 7.91. The molecule has 1 aliphatic heterocycles. The quantitative estimate of drug-likeness (QED) is 0.371. The molecule has 3 heterocycles. The van der Waals surface area contributed by atoms with Crippen molar-refractivity contribution in [1.82, 2.24) is 14.2 Å². The van der Waals surface area contributed by atoms with Crippen LogP contribution in [0.5, 0.6) is 0 Å². The normalized spacial score (nSPS) is 15.5. The number of benzene rings is 1. The van der Waals surface area contributed by atoms with Crippen molar-refractivity contribution in [3.8, 4) is 0 Å². The number of anilines is 1. The first-order valence-corrected chi connectivity index (χ1v) is 14.7. The molecule has 0 saturated carbocycles. The van der Waals surface area contributed by atoms with Crippen LogP contribution in [-0.4, -0.2) is 68.8 Å². The fourth-order valence-corrected chi connectivity index (χ4v) is 8.27. The van der Waals surface area contributed by atoms with Gasteiger partial charge in [0.2, 0.25) is 5.91 Å². The van der Waals surface area contributed by atoms with Crippen molar-refractivity contribution >= 4 is 78.0 Å². The first-order valence-electron chi connectivity index (χ1n) is 11.2. The maximum atomic E-state index is 13.7. The molecule has 192 valence electrons. The number of aromatic nitrogens is 1. The van der Waals surface area contributed by atoms with Gasteiger partial charge in [0.15, 0.2) is 5.13 Å². The molecule has 12 heteroatoms. The molecule has 7 nitrogen and oxygen atoms in total. The van der Waals surface area contributed by atoms with Gasteiger partial charge in [-0.15, -0.1) is 23.7 Å². The Balaban J connectivity index is 0.00000342. The van der Waals surface area contributed by atoms with Crippen LogP contribution >= 0.6 is 46.7 Å². The summed E-state index contributed by atoms with van der Waals surface area (Å²) in [5.41, 5.74) is 1.85. The number of rotatable bonds is 8. The molecule has 1 amide bonds. The first kappa shape index (κ1) is 28.3. The molecule has 0 radical (unpaired) electrons. The van der Waals surface area contributed by atoms with Crippen LogP contribution in [0, 0.1) is 12.8 Å². The van der Waals surface area contributed by atoms with Crippen molar-refractivity contribution in [2.75, 3.05) is 45.2 Å². The third-order valence-corrected chi connectivity index (χ3v) is 10.5. The second-order valence-corrected chi connectivity index (χ2v) is 13.4. The summed E-state index contributed by atoms with van der Waals surface area (Å²) < 4.78 is 28.5. The lowest BCUT2D eigenvalue weighted by Gasteiger charge is -2.32. The van der Waals surface area contributed by atoms with Gasteiger partial charge in [0.05, 0.1) is 10.2 Å². The number of thiazole rings is 1. The lowest BCUT2D eigenvalue weighted by atomic mass is 9.96. The van der Waals surface area contributed by atoms with Crippen LogP contribution in [0.4, 0.5) is 5.13 Å². The Kier molecular flexibility index (Phi) is 9.58. The van der Waals surface area contributed by atoms with Crippen molar-refractivity contribution in [3.63, 3.8) is 0 Å². The lowest BCUT2D eigenvalue weighted by Crippen LogP contribution is -2.45. The van der Waals surface area contributed by atoms with Gasteiger partial charge in [-0.3, -0.25) is 9.69 Å². The number of halogens is 2. The maximum Gasteiger partial charge on any atom is 0.252 e. The summed E-state index contributed by atoms with van der Waals surface area (Å²) in [6.07, 6.45) is 1.83. The molecule has 4 rings (SSSR count). The van der Waals surface area contributed by atoms with E-state index in [-0.39, 0.29) is 24.2 Å². The molecular formula is C23H30Cl2N4O3S3. The summed E-state index contributed by atoms with van der Waals surface area (Å²) in [5.74, 6) is -0.208. The largest absolute Gasteiger partial charge is 0.309 e. The smallest absolute Gasteiger partial charge is 0.252 e. The first-order chi connectivity index (χ1) is 16.2. The second-order valence-electron chi connectivity index (χ2n) is 8.82. The molecule has 1 aliphatic rings. The van der Waals surface area contributed by atoms with Crippen molar-refractivity contribution in [2.24, 2.45) is 5.92 Å². The van der Waals surface area contributed by atoms with E-state index in [9.17, 15) is 13.2 Å². The van der Waals surface area contributed by atoms with E-state index in [1.165, 1.54) is 27.0 Å². The maximum absolute atomic E-state index is 13.7. The van der Waals surface area contributed by atoms with Crippen LogP contribution in [0.15, 0.2) is 33.9 Å². The van der Waals surface area contributed by atoms with Crippen molar-refractivity contribution in [2.45, 2.75) is 30.4 Å². The van der Waals surface area contributed by atoms with Gasteiger partial charge in [-0.25, -0.2) is 13.4 Å². The van der Waals surface area contributed by atoms with Crippen LogP contribution in [0.2, 0.25) is 5.02 Å². The van der Waals surface area contributed by atoms with Gasteiger partial charge < -0.3 is 4.90 Å². The van der Waals surface area contributed by atoms with Crippen LogP contribution < -0.4 is 4.90 Å². The molecule has 35 heavy (non-hydrogen) atoms. The zero-order valence-electron chi connectivity index (χ0n) is 19.9. The summed E-state index contributed by atoms with van der Waals surface area (Å²) in [4.78, 5) is 22.4. The summed E-state index contributed by atoms with van der Waals surface area (Å²) in [7, 11) is 0.534. The van der Waals surface area contributed by atoms with Gasteiger partial charge in [0, 0.05) is 30.6 Å². The Labute approximate surface area is 226 Å². The Morgan fingerprint density at radius 3 is 2.57 bits per heavy atom. The monoisotopic (exact) mass is 576 g/mol. The number of carbonyl (C=O) groups excluding carboxylic acids is 1. The van der Waals surface area contributed by atoms with E-state index in [1.54, 1.807) is 22.4 Å². The zero-order valence-corrected chi connectivity index (χ0v) is 24.0. The predicted octanol–water partition coefficient (Wildman–Crippen LogP) is 5.13. The number of thiophene rings is 1. The molecule has 0 bridgehead atoms. The molecule has 2 aromatic heterocycles. The highest BCUT2D eigenvalue weighted by Crippen LogP contribution is 2.35. The zero-order chi connectivity index (χ0) is 24.5. The Hall–Kier alpha value is -1.27. The van der Waals surface area contributed by atoms with Gasteiger partial charge in [-0.1, -0.05) is 29.0 Å². The van der Waals surface area contributed by atoms with Gasteiger partial charge in [0.25, 0.3) is 10.0 Å². The standard InChI is InChI=1S/C23H29ClN4O3S3.ClH/c1-16-14-18(24)15-19-21(16)25-23(33-19)28(10-5-9-26(2)3)22(29)17-7-11-27(12-8-17)34(30,31)20-6-4-13-32-20;/h4,6,13-15,17H,5,7-12H2,1-3H3;1H. The number of piperidine rings is 1. The minimum absolute atomic E-state index is 0. The molecule has 0 unspecified atom stereocenters. The summed E-state index contributed by atoms with van der Waals surface area (Å²) in [6, 6.07) is 7.15. The van der Waals surface area contributed by atoms with E-state index in [1.807, 2.05) is 33.2 Å². The number of sulfonamides is 1. The average molecular weight is 578 g/mol. The third kappa shape index (κ3) is 6.36. The van der Waals surface area contributed by atoms with E-state index in [4.69, 9.17) is 16.6 Å². The average Bonchev–Trinajstić information content (AvgIpc) is 3.47. The Morgan fingerprint density at radius 2 is 1.94 bits per heavy atom. The highest BCUT2D eigenvalue weighted by atomic mass is 35.5. The van der Waals surface area contributed by atoms with Crippen molar-refractivity contribution in [1.29, 1.82) is 0 Å². The van der Waals surface area contributed by atoms with Crippen LogP contribution in [0.1, 0.15) is 24.8 Å². The molecule has 3 aromatic rings. The Bertz CT molecular complexity index is 1250. The minimum atomic E-state index is -3.49. The number of aryl methyl sites for hydroxylation is 1. The number of nitrogens with zero attached hydrogens (tertiary/aromatic N) is 4. The minimum Gasteiger partial charge on any atom is -0.309 e. The van der Waals surface area contributed by atoms with E-state index in [2.05, 4.69) is 4.90 Å². The van der Waals surface area contributed by atoms with Gasteiger partial charge in [0.1, 0.15) is 4.21 Å². The van der Waals surface area contributed by atoms with Gasteiger partial charge in [-0.05, 0) is 76.0 Å². The number of carbonyl (C=O) groups is 1. The molecular weight excluding hydrogens is 547 g/mol. The predicted molar refractivity (Wildman–Crippen MR) is 148 cm³/mol. The number of amides is 1. The molecule has 1 aromatic carbocycles. The second kappa shape index (κ2) is 11.9. The number of fused-ring (bicyclic) bond motifs is 1. The summed E-state index contributed by atoms with van der Waals surface area (Å²) in [6.45, 7) is 4.08. The fourth-order valence-electron chi connectivity index (χ4n) is 4.20. The van der Waals surface area contributed by atoms with Gasteiger partial charge in [-0.2, -0.15) is 4.31 Å². The van der Waals surface area contributed by atoms with Crippen LogP contribution in [0.3, 0.4) is 0 Å². The van der Waals surface area contributed by atoms with Crippen LogP contribution in [0.25, 0.3) is 10.2 Å². The molecule has 0 atom stereocenters.